The maximum Gasteiger partial charge on any atom is 0.288 e. The zero-order chi connectivity index (χ0) is 18.1. The van der Waals surface area contributed by atoms with Crippen molar-refractivity contribution >= 4 is 51.5 Å². The van der Waals surface area contributed by atoms with E-state index in [2.05, 4.69) is 30.7 Å². The van der Waals surface area contributed by atoms with Gasteiger partial charge in [-0.3, -0.25) is 10.1 Å². The predicted molar refractivity (Wildman–Crippen MR) is 98.5 cm³/mol. The molecule has 0 saturated carbocycles. The molecule has 4 rings (SSSR count). The highest BCUT2D eigenvalue weighted by Crippen LogP contribution is 2.24. The fourth-order valence-electron chi connectivity index (χ4n) is 2.48. The number of hydrogen-bond acceptors (Lipinski definition) is 7. The number of H-pyrrole nitrogens is 1. The van der Waals surface area contributed by atoms with Gasteiger partial charge in [-0.25, -0.2) is 5.43 Å². The zero-order valence-corrected chi connectivity index (χ0v) is 13.8. The van der Waals surface area contributed by atoms with Crippen molar-refractivity contribution in [3.63, 3.8) is 0 Å². The van der Waals surface area contributed by atoms with Gasteiger partial charge in [0.2, 0.25) is 0 Å². The number of aromatic amines is 1. The average molecular weight is 368 g/mol. The highest BCUT2D eigenvalue weighted by molar-refractivity contribution is 6.32. The number of nitro benzene ring substituents is 1. The molecule has 0 aliphatic heterocycles. The largest absolute Gasteiger partial charge is 0.338 e. The van der Waals surface area contributed by atoms with Crippen molar-refractivity contribution < 1.29 is 4.92 Å². The van der Waals surface area contributed by atoms with Gasteiger partial charge in [-0.15, -0.1) is 10.2 Å². The number of hydrazone groups is 1. The first-order valence-electron chi connectivity index (χ1n) is 7.46. The molecule has 128 valence electrons. The number of nitrogens with zero attached hydrogens (tertiary/aromatic N) is 5. The Balaban J connectivity index is 1.58. The van der Waals surface area contributed by atoms with Gasteiger partial charge in [0.25, 0.3) is 11.6 Å². The maximum absolute atomic E-state index is 10.9. The smallest absolute Gasteiger partial charge is 0.288 e. The molecule has 10 heteroatoms. The molecule has 2 aromatic carbocycles. The van der Waals surface area contributed by atoms with Gasteiger partial charge in [0, 0.05) is 22.5 Å². The molecule has 0 spiro atoms. The second-order valence-electron chi connectivity index (χ2n) is 5.34. The number of nitrogens with one attached hydrogen (secondary N) is 2. The quantitative estimate of drug-likeness (QED) is 0.323. The van der Waals surface area contributed by atoms with Crippen LogP contribution in [0.2, 0.25) is 5.02 Å². The van der Waals surface area contributed by atoms with Gasteiger partial charge in [-0.2, -0.15) is 10.1 Å². The fraction of sp³-hybridized carbons (Fsp3) is 0. The van der Waals surface area contributed by atoms with E-state index in [-0.39, 0.29) is 16.7 Å². The molecule has 0 unspecified atom stereocenters. The number of aromatic nitrogens is 4. The van der Waals surface area contributed by atoms with E-state index < -0.39 is 4.92 Å². The normalized spacial score (nSPS) is 11.4. The Bertz CT molecular complexity index is 1170. The first-order valence-corrected chi connectivity index (χ1v) is 7.84. The van der Waals surface area contributed by atoms with Crippen LogP contribution in [0.5, 0.6) is 0 Å². The van der Waals surface area contributed by atoms with Crippen LogP contribution in [0.25, 0.3) is 22.1 Å². The van der Waals surface area contributed by atoms with E-state index in [1.807, 2.05) is 24.3 Å². The first kappa shape index (κ1) is 15.9. The van der Waals surface area contributed by atoms with E-state index in [0.29, 0.717) is 16.7 Å². The van der Waals surface area contributed by atoms with E-state index >= 15 is 0 Å². The van der Waals surface area contributed by atoms with Crippen LogP contribution in [0.15, 0.2) is 47.6 Å². The van der Waals surface area contributed by atoms with E-state index in [1.54, 1.807) is 6.07 Å². The van der Waals surface area contributed by atoms with Crippen LogP contribution >= 0.6 is 11.6 Å². The Morgan fingerprint density at radius 3 is 2.92 bits per heavy atom. The minimum atomic E-state index is -0.552. The summed E-state index contributed by atoms with van der Waals surface area (Å²) in [6, 6.07) is 12.1. The number of rotatable bonds is 4. The number of nitro groups is 1. The Kier molecular flexibility index (Phi) is 3.90. The topological polar surface area (TPSA) is 122 Å². The monoisotopic (exact) mass is 367 g/mol. The van der Waals surface area contributed by atoms with Gasteiger partial charge in [-0.05, 0) is 12.1 Å². The van der Waals surface area contributed by atoms with Crippen LogP contribution in [-0.4, -0.2) is 31.3 Å². The van der Waals surface area contributed by atoms with Crippen molar-refractivity contribution in [3.8, 4) is 0 Å². The van der Waals surface area contributed by atoms with Crippen molar-refractivity contribution in [1.82, 2.24) is 20.2 Å². The number of fused-ring (bicyclic) bond motifs is 3. The SMILES string of the molecule is O=[N+]([O-])c1cc(/C=N/Nc2nnc3c(n2)[nH]c2ccccc23)ccc1Cl. The summed E-state index contributed by atoms with van der Waals surface area (Å²) in [6.45, 7) is 0. The summed E-state index contributed by atoms with van der Waals surface area (Å²) in [5, 5.41) is 24.0. The number of benzene rings is 2. The van der Waals surface area contributed by atoms with Crippen LogP contribution < -0.4 is 5.43 Å². The fourth-order valence-corrected chi connectivity index (χ4v) is 2.67. The molecule has 0 aliphatic carbocycles. The molecular formula is C16H10ClN7O2. The molecule has 0 atom stereocenters. The Hall–Kier alpha value is -3.59. The third kappa shape index (κ3) is 2.91. The van der Waals surface area contributed by atoms with Gasteiger partial charge in [-0.1, -0.05) is 35.9 Å². The van der Waals surface area contributed by atoms with Crippen LogP contribution in [-0.2, 0) is 0 Å². The summed E-state index contributed by atoms with van der Waals surface area (Å²) in [5.74, 6) is 0.198. The molecular weight excluding hydrogens is 358 g/mol. The molecule has 0 radical (unpaired) electrons. The van der Waals surface area contributed by atoms with Crippen molar-refractivity contribution in [2.75, 3.05) is 5.43 Å². The molecule has 4 aromatic rings. The van der Waals surface area contributed by atoms with Crippen molar-refractivity contribution in [2.45, 2.75) is 0 Å². The molecule has 2 N–H and O–H groups in total. The molecule has 0 bridgehead atoms. The third-order valence-electron chi connectivity index (χ3n) is 3.67. The second-order valence-corrected chi connectivity index (χ2v) is 5.75. The minimum Gasteiger partial charge on any atom is -0.338 e. The van der Waals surface area contributed by atoms with Gasteiger partial charge >= 0.3 is 0 Å². The number of halogens is 1. The van der Waals surface area contributed by atoms with Crippen molar-refractivity contribution in [3.05, 3.63) is 63.2 Å². The van der Waals surface area contributed by atoms with E-state index in [0.717, 1.165) is 10.9 Å². The summed E-state index contributed by atoms with van der Waals surface area (Å²) in [4.78, 5) is 17.8. The molecule has 0 saturated heterocycles. The maximum atomic E-state index is 10.9. The molecule has 26 heavy (non-hydrogen) atoms. The summed E-state index contributed by atoms with van der Waals surface area (Å²) in [5.41, 5.74) is 5.14. The van der Waals surface area contributed by atoms with Crippen LogP contribution in [0.1, 0.15) is 5.56 Å². The highest BCUT2D eigenvalue weighted by Gasteiger charge is 2.12. The van der Waals surface area contributed by atoms with Crippen molar-refractivity contribution in [1.29, 1.82) is 0 Å². The lowest BCUT2D eigenvalue weighted by Gasteiger charge is -1.98. The minimum absolute atomic E-state index is 0.0666. The third-order valence-corrected chi connectivity index (χ3v) is 3.99. The Morgan fingerprint density at radius 2 is 2.08 bits per heavy atom. The second kappa shape index (κ2) is 6.37. The average Bonchev–Trinajstić information content (AvgIpc) is 3.00. The number of para-hydroxylation sites is 1. The highest BCUT2D eigenvalue weighted by atomic mass is 35.5. The van der Waals surface area contributed by atoms with Gasteiger partial charge in [0.05, 0.1) is 11.1 Å². The van der Waals surface area contributed by atoms with Gasteiger partial charge in [0.15, 0.2) is 5.65 Å². The lowest BCUT2D eigenvalue weighted by atomic mass is 10.2. The number of anilines is 1. The molecule has 2 aromatic heterocycles. The predicted octanol–water partition coefficient (Wildman–Crippen LogP) is 3.51. The summed E-state index contributed by atoms with van der Waals surface area (Å²) < 4.78 is 0. The first-order chi connectivity index (χ1) is 12.6. The van der Waals surface area contributed by atoms with Crippen LogP contribution in [0.3, 0.4) is 0 Å². The van der Waals surface area contributed by atoms with Crippen LogP contribution in [0, 0.1) is 10.1 Å². The van der Waals surface area contributed by atoms with Gasteiger partial charge < -0.3 is 4.98 Å². The summed E-state index contributed by atoms with van der Waals surface area (Å²) in [6.07, 6.45) is 1.40. The zero-order valence-electron chi connectivity index (χ0n) is 13.0. The molecule has 0 amide bonds. The standard InChI is InChI=1S/C16H10ClN7O2/c17-11-6-5-9(7-13(11)24(25)26)8-18-22-16-20-15-14(21-23-16)10-3-1-2-4-12(10)19-15/h1-8H,(H2,19,20,22,23)/b18-8+. The van der Waals surface area contributed by atoms with Crippen LogP contribution in [0.4, 0.5) is 11.6 Å². The molecule has 0 fully saturated rings. The summed E-state index contributed by atoms with van der Waals surface area (Å²) >= 11 is 5.78. The Morgan fingerprint density at radius 1 is 1.23 bits per heavy atom. The molecule has 0 aliphatic rings. The van der Waals surface area contributed by atoms with E-state index in [9.17, 15) is 10.1 Å². The Labute approximate surface area is 150 Å². The molecule has 9 nitrogen and oxygen atoms in total. The number of hydrogen-bond donors (Lipinski definition) is 2. The lowest BCUT2D eigenvalue weighted by molar-refractivity contribution is -0.384. The van der Waals surface area contributed by atoms with Gasteiger partial charge in [0.1, 0.15) is 10.5 Å². The summed E-state index contributed by atoms with van der Waals surface area (Å²) in [7, 11) is 0. The van der Waals surface area contributed by atoms with E-state index in [4.69, 9.17) is 11.6 Å². The van der Waals surface area contributed by atoms with E-state index in [1.165, 1.54) is 18.3 Å². The lowest BCUT2D eigenvalue weighted by Crippen LogP contribution is -1.99. The van der Waals surface area contributed by atoms with Crippen molar-refractivity contribution in [2.24, 2.45) is 5.10 Å². The molecule has 2 heterocycles.